The molecule has 0 spiro atoms. The summed E-state index contributed by atoms with van der Waals surface area (Å²) in [6.45, 7) is 10.1. The fourth-order valence-electron chi connectivity index (χ4n) is 1.78. The Hall–Kier alpha value is -1.78. The van der Waals surface area contributed by atoms with Gasteiger partial charge in [-0.05, 0) is 13.0 Å². The minimum absolute atomic E-state index is 0.174. The molecule has 0 aromatic heterocycles. The molecule has 1 heterocycles. The second-order valence-corrected chi connectivity index (χ2v) is 3.77. The number of carboxylic acids is 1. The molecule has 5 heteroatoms. The number of allylic oxidation sites excluding steroid dienone is 1. The highest BCUT2D eigenvalue weighted by Crippen LogP contribution is 2.15. The van der Waals surface area contributed by atoms with E-state index >= 15 is 0 Å². The number of aliphatic carboxylic acids is 1. The number of carbonyl (C=O) groups is 2. The van der Waals surface area contributed by atoms with Gasteiger partial charge in [-0.25, -0.2) is 4.79 Å². The van der Waals surface area contributed by atoms with Gasteiger partial charge >= 0.3 is 5.97 Å². The van der Waals surface area contributed by atoms with Crippen molar-refractivity contribution in [3.63, 3.8) is 0 Å². The summed E-state index contributed by atoms with van der Waals surface area (Å²) in [6.07, 6.45) is 1.20. The third-order valence-electron chi connectivity index (χ3n) is 2.64. The van der Waals surface area contributed by atoms with Crippen molar-refractivity contribution in [1.82, 2.24) is 9.80 Å². The predicted molar refractivity (Wildman–Crippen MR) is 59.7 cm³/mol. The fraction of sp³-hybridized carbons (Fsp3) is 0.455. The molecule has 1 atom stereocenters. The van der Waals surface area contributed by atoms with Crippen LogP contribution in [0.4, 0.5) is 0 Å². The molecule has 1 saturated heterocycles. The van der Waals surface area contributed by atoms with Crippen molar-refractivity contribution in [1.29, 1.82) is 0 Å². The van der Waals surface area contributed by atoms with Gasteiger partial charge in [0, 0.05) is 18.8 Å². The molecule has 1 aliphatic rings. The van der Waals surface area contributed by atoms with Crippen LogP contribution in [0.15, 0.2) is 24.9 Å². The number of nitrogens with zero attached hydrogens (tertiary/aromatic N) is 2. The summed E-state index contributed by atoms with van der Waals surface area (Å²) in [5.74, 6) is -1.17. The molecule has 88 valence electrons. The van der Waals surface area contributed by atoms with Gasteiger partial charge in [0.2, 0.25) is 5.91 Å². The quantitative estimate of drug-likeness (QED) is 0.701. The molecule has 1 amide bonds. The van der Waals surface area contributed by atoms with Crippen molar-refractivity contribution >= 4 is 11.9 Å². The summed E-state index contributed by atoms with van der Waals surface area (Å²) >= 11 is 0. The second kappa shape index (κ2) is 4.83. The maximum atomic E-state index is 11.4. The van der Waals surface area contributed by atoms with Crippen LogP contribution in [0.2, 0.25) is 0 Å². The van der Waals surface area contributed by atoms with E-state index in [0.717, 1.165) is 0 Å². The Morgan fingerprint density at radius 3 is 2.50 bits per heavy atom. The first-order valence-electron chi connectivity index (χ1n) is 5.03. The van der Waals surface area contributed by atoms with Crippen LogP contribution in [-0.4, -0.2) is 52.5 Å². The molecule has 1 N–H and O–H groups in total. The second-order valence-electron chi connectivity index (χ2n) is 3.77. The first-order chi connectivity index (χ1) is 7.47. The molecule has 0 saturated carbocycles. The molecular formula is C11H16N2O3. The zero-order valence-electron chi connectivity index (χ0n) is 9.35. The van der Waals surface area contributed by atoms with Gasteiger partial charge in [0.25, 0.3) is 0 Å². The van der Waals surface area contributed by atoms with Gasteiger partial charge in [0.15, 0.2) is 0 Å². The monoisotopic (exact) mass is 224 g/mol. The Morgan fingerprint density at radius 2 is 2.06 bits per heavy atom. The zero-order chi connectivity index (χ0) is 12.3. The Bertz CT molecular complexity index is 338. The number of hydrogen-bond acceptors (Lipinski definition) is 3. The number of carboxylic acid groups (broad SMARTS) is 1. The highest BCUT2D eigenvalue weighted by atomic mass is 16.4. The molecule has 0 aromatic carbocycles. The standard InChI is InChI=1S/C11H16N2O3/c1-4-10(14)12-5-6-13(8(2)3)9(7-12)11(15)16/h4,9H,1-2,5-7H2,3H3,(H,15,16). The van der Waals surface area contributed by atoms with Crippen LogP contribution in [0, 0.1) is 0 Å². The maximum absolute atomic E-state index is 11.4. The summed E-state index contributed by atoms with van der Waals surface area (Å²) in [7, 11) is 0. The Morgan fingerprint density at radius 1 is 1.44 bits per heavy atom. The molecular weight excluding hydrogens is 208 g/mol. The first kappa shape index (κ1) is 12.3. The van der Waals surface area contributed by atoms with Gasteiger partial charge in [-0.3, -0.25) is 4.79 Å². The topological polar surface area (TPSA) is 60.9 Å². The number of rotatable bonds is 3. The van der Waals surface area contributed by atoms with Gasteiger partial charge in [-0.1, -0.05) is 13.2 Å². The van der Waals surface area contributed by atoms with E-state index in [1.165, 1.54) is 11.0 Å². The van der Waals surface area contributed by atoms with E-state index in [4.69, 9.17) is 5.11 Å². The van der Waals surface area contributed by atoms with Crippen molar-refractivity contribution in [2.75, 3.05) is 19.6 Å². The van der Waals surface area contributed by atoms with Crippen LogP contribution in [0.3, 0.4) is 0 Å². The van der Waals surface area contributed by atoms with Gasteiger partial charge in [-0.15, -0.1) is 0 Å². The van der Waals surface area contributed by atoms with E-state index in [1.54, 1.807) is 11.8 Å². The lowest BCUT2D eigenvalue weighted by Crippen LogP contribution is -2.56. The smallest absolute Gasteiger partial charge is 0.328 e. The minimum Gasteiger partial charge on any atom is -0.480 e. The van der Waals surface area contributed by atoms with E-state index in [9.17, 15) is 9.59 Å². The number of carbonyl (C=O) groups excluding carboxylic acids is 1. The van der Waals surface area contributed by atoms with Crippen molar-refractivity contribution in [2.45, 2.75) is 13.0 Å². The van der Waals surface area contributed by atoms with Gasteiger partial charge in [-0.2, -0.15) is 0 Å². The average molecular weight is 224 g/mol. The van der Waals surface area contributed by atoms with Crippen LogP contribution in [-0.2, 0) is 9.59 Å². The van der Waals surface area contributed by atoms with Gasteiger partial charge in [0.05, 0.1) is 6.54 Å². The van der Waals surface area contributed by atoms with Gasteiger partial charge in [0.1, 0.15) is 6.04 Å². The minimum atomic E-state index is -0.940. The third kappa shape index (κ3) is 2.42. The van der Waals surface area contributed by atoms with Crippen LogP contribution < -0.4 is 0 Å². The highest BCUT2D eigenvalue weighted by Gasteiger charge is 2.33. The maximum Gasteiger partial charge on any atom is 0.328 e. The molecule has 0 aromatic rings. The molecule has 0 bridgehead atoms. The van der Waals surface area contributed by atoms with Crippen LogP contribution >= 0.6 is 0 Å². The number of amides is 1. The number of piperazine rings is 1. The molecule has 16 heavy (non-hydrogen) atoms. The van der Waals surface area contributed by atoms with E-state index in [-0.39, 0.29) is 12.5 Å². The van der Waals surface area contributed by atoms with Crippen molar-refractivity contribution in [3.8, 4) is 0 Å². The van der Waals surface area contributed by atoms with Crippen LogP contribution in [0.5, 0.6) is 0 Å². The highest BCUT2D eigenvalue weighted by molar-refractivity contribution is 5.88. The van der Waals surface area contributed by atoms with E-state index < -0.39 is 12.0 Å². The fourth-order valence-corrected chi connectivity index (χ4v) is 1.78. The SMILES string of the molecule is C=CC(=O)N1CCN(C(=C)C)C(C(=O)O)C1. The summed E-state index contributed by atoms with van der Waals surface area (Å²) in [5.41, 5.74) is 0.707. The van der Waals surface area contributed by atoms with Gasteiger partial charge < -0.3 is 14.9 Å². The third-order valence-corrected chi connectivity index (χ3v) is 2.64. The molecule has 1 fully saturated rings. The molecule has 0 radical (unpaired) electrons. The lowest BCUT2D eigenvalue weighted by Gasteiger charge is -2.40. The summed E-state index contributed by atoms with van der Waals surface area (Å²) in [6, 6.07) is -0.713. The van der Waals surface area contributed by atoms with Crippen LogP contribution in [0.1, 0.15) is 6.92 Å². The molecule has 1 rings (SSSR count). The average Bonchev–Trinajstić information content (AvgIpc) is 2.26. The Balaban J connectivity index is 2.80. The normalized spacial score (nSPS) is 20.4. The Labute approximate surface area is 94.6 Å². The lowest BCUT2D eigenvalue weighted by atomic mass is 10.1. The predicted octanol–water partition coefficient (Wildman–Crippen LogP) is 0.303. The van der Waals surface area contributed by atoms with Crippen molar-refractivity contribution in [3.05, 3.63) is 24.9 Å². The molecule has 0 aliphatic carbocycles. The van der Waals surface area contributed by atoms with E-state index in [2.05, 4.69) is 13.2 Å². The number of hydrogen-bond donors (Lipinski definition) is 1. The molecule has 1 aliphatic heterocycles. The van der Waals surface area contributed by atoms with Crippen molar-refractivity contribution < 1.29 is 14.7 Å². The van der Waals surface area contributed by atoms with Crippen molar-refractivity contribution in [2.24, 2.45) is 0 Å². The van der Waals surface area contributed by atoms with E-state index in [0.29, 0.717) is 18.8 Å². The Kier molecular flexibility index (Phi) is 3.71. The molecule has 5 nitrogen and oxygen atoms in total. The summed E-state index contributed by atoms with van der Waals surface area (Å²) in [5, 5.41) is 9.08. The first-order valence-corrected chi connectivity index (χ1v) is 5.03. The summed E-state index contributed by atoms with van der Waals surface area (Å²) in [4.78, 5) is 25.7. The van der Waals surface area contributed by atoms with E-state index in [1.807, 2.05) is 0 Å². The lowest BCUT2D eigenvalue weighted by molar-refractivity contribution is -0.146. The van der Waals surface area contributed by atoms with Crippen LogP contribution in [0.25, 0.3) is 0 Å². The molecule has 1 unspecified atom stereocenters. The largest absolute Gasteiger partial charge is 0.480 e. The summed E-state index contributed by atoms with van der Waals surface area (Å²) < 4.78 is 0. The zero-order valence-corrected chi connectivity index (χ0v) is 9.35.